The Kier molecular flexibility index (Phi) is 2.99. The van der Waals surface area contributed by atoms with Gasteiger partial charge in [-0.15, -0.1) is 0 Å². The molecule has 0 atom stereocenters. The van der Waals surface area contributed by atoms with Gasteiger partial charge in [-0.2, -0.15) is 0 Å². The summed E-state index contributed by atoms with van der Waals surface area (Å²) in [4.78, 5) is 10.4. The van der Waals surface area contributed by atoms with Crippen LogP contribution in [0.3, 0.4) is 0 Å². The second kappa shape index (κ2) is 3.59. The van der Waals surface area contributed by atoms with Gasteiger partial charge in [0.2, 0.25) is 0 Å². The Bertz CT molecular complexity index is 182. The molecule has 0 aromatic carbocycles. The zero-order valence-electron chi connectivity index (χ0n) is 5.08. The van der Waals surface area contributed by atoms with Crippen LogP contribution in [0.25, 0.3) is 0 Å². The van der Waals surface area contributed by atoms with Crippen LogP contribution in [0.5, 0.6) is 0 Å². The maximum atomic E-state index is 10.4. The van der Waals surface area contributed by atoms with Gasteiger partial charge in [0.05, 0.1) is 0 Å². The Morgan fingerprint density at radius 1 is 1.90 bits per heavy atom. The second-order valence-electron chi connectivity index (χ2n) is 1.93. The predicted octanol–water partition coefficient (Wildman–Crippen LogP) is 1.31. The number of carboxylic acids is 1. The van der Waals surface area contributed by atoms with Gasteiger partial charge in [-0.3, -0.25) is 0 Å². The van der Waals surface area contributed by atoms with Crippen LogP contribution in [-0.4, -0.2) is 28.5 Å². The standard InChI is InChI=1S/C5H6INO2S/c6-10-7-2-1-4(3-7)5(8)9/h1H,2-3H2,(H,8,9). The summed E-state index contributed by atoms with van der Waals surface area (Å²) in [5, 5.41) is 8.52. The van der Waals surface area contributed by atoms with Crippen molar-refractivity contribution in [2.75, 3.05) is 13.1 Å². The van der Waals surface area contributed by atoms with E-state index in [1.807, 2.05) is 4.31 Å². The fourth-order valence-corrected chi connectivity index (χ4v) is 1.96. The second-order valence-corrected chi connectivity index (χ2v) is 3.76. The monoisotopic (exact) mass is 271 g/mol. The lowest BCUT2D eigenvalue weighted by molar-refractivity contribution is -0.132. The van der Waals surface area contributed by atoms with Gasteiger partial charge < -0.3 is 5.11 Å². The molecule has 0 saturated heterocycles. The number of nitrogens with zero attached hydrogens (tertiary/aromatic N) is 1. The molecule has 56 valence electrons. The average Bonchev–Trinajstić information content (AvgIpc) is 2.34. The number of aliphatic carboxylic acids is 1. The van der Waals surface area contributed by atoms with Crippen molar-refractivity contribution in [3.63, 3.8) is 0 Å². The third-order valence-electron chi connectivity index (χ3n) is 1.26. The summed E-state index contributed by atoms with van der Waals surface area (Å²) in [6.07, 6.45) is 1.74. The largest absolute Gasteiger partial charge is 0.478 e. The van der Waals surface area contributed by atoms with Crippen molar-refractivity contribution in [1.82, 2.24) is 4.31 Å². The molecule has 1 rings (SSSR count). The Morgan fingerprint density at radius 2 is 2.60 bits per heavy atom. The molecule has 1 aliphatic rings. The Labute approximate surface area is 75.2 Å². The molecular formula is C5H6INO2S. The Hall–Kier alpha value is 0.250. The topological polar surface area (TPSA) is 40.5 Å². The number of rotatable bonds is 2. The van der Waals surface area contributed by atoms with E-state index in [1.165, 1.54) is 0 Å². The molecular weight excluding hydrogens is 265 g/mol. The normalized spacial score (nSPS) is 19.1. The van der Waals surface area contributed by atoms with Gasteiger partial charge in [-0.25, -0.2) is 9.10 Å². The van der Waals surface area contributed by atoms with Crippen LogP contribution in [0.2, 0.25) is 0 Å². The van der Waals surface area contributed by atoms with Crippen LogP contribution in [-0.2, 0) is 4.79 Å². The van der Waals surface area contributed by atoms with Gasteiger partial charge in [-0.05, 0) is 9.12 Å². The van der Waals surface area contributed by atoms with Crippen LogP contribution in [0.15, 0.2) is 11.6 Å². The molecule has 1 aliphatic heterocycles. The zero-order chi connectivity index (χ0) is 7.56. The SMILES string of the molecule is O=C(O)C1=CCN(SI)C1. The Balaban J connectivity index is 2.47. The molecule has 0 spiro atoms. The number of hydrogen-bond donors (Lipinski definition) is 1. The summed E-state index contributed by atoms with van der Waals surface area (Å²) < 4.78 is 1.98. The van der Waals surface area contributed by atoms with Crippen molar-refractivity contribution in [1.29, 1.82) is 0 Å². The van der Waals surface area contributed by atoms with Gasteiger partial charge >= 0.3 is 5.97 Å². The van der Waals surface area contributed by atoms with E-state index in [-0.39, 0.29) is 0 Å². The number of hydrogen-bond acceptors (Lipinski definition) is 3. The maximum Gasteiger partial charge on any atom is 0.332 e. The molecule has 1 N–H and O–H groups in total. The van der Waals surface area contributed by atoms with Crippen molar-refractivity contribution < 1.29 is 9.90 Å². The van der Waals surface area contributed by atoms with Crippen LogP contribution >= 0.6 is 30.3 Å². The van der Waals surface area contributed by atoms with Crippen LogP contribution in [0, 0.1) is 0 Å². The first-order valence-corrected chi connectivity index (χ1v) is 6.01. The van der Waals surface area contributed by atoms with Gasteiger partial charge in [0, 0.05) is 39.9 Å². The van der Waals surface area contributed by atoms with E-state index in [4.69, 9.17) is 5.11 Å². The quantitative estimate of drug-likeness (QED) is 0.607. The zero-order valence-corrected chi connectivity index (χ0v) is 8.05. The minimum atomic E-state index is -0.798. The fourth-order valence-electron chi connectivity index (χ4n) is 0.739. The van der Waals surface area contributed by atoms with E-state index in [0.717, 1.165) is 6.54 Å². The first-order valence-electron chi connectivity index (χ1n) is 2.70. The summed E-state index contributed by atoms with van der Waals surface area (Å²) >= 11 is 2.14. The molecule has 0 fully saturated rings. The molecule has 0 unspecified atom stereocenters. The lowest BCUT2D eigenvalue weighted by atomic mass is 10.3. The average molecular weight is 271 g/mol. The summed E-state index contributed by atoms with van der Waals surface area (Å²) in [7, 11) is 1.54. The van der Waals surface area contributed by atoms with E-state index >= 15 is 0 Å². The molecule has 10 heavy (non-hydrogen) atoms. The predicted molar refractivity (Wildman–Crippen MR) is 48.9 cm³/mol. The number of halogens is 1. The van der Waals surface area contributed by atoms with Crippen molar-refractivity contribution in [3.05, 3.63) is 11.6 Å². The highest BCUT2D eigenvalue weighted by molar-refractivity contribution is 14.2. The van der Waals surface area contributed by atoms with Crippen molar-refractivity contribution in [2.45, 2.75) is 0 Å². The summed E-state index contributed by atoms with van der Waals surface area (Å²) in [5.41, 5.74) is 0.504. The molecule has 0 saturated carbocycles. The highest BCUT2D eigenvalue weighted by Gasteiger charge is 2.18. The molecule has 3 nitrogen and oxygen atoms in total. The van der Waals surface area contributed by atoms with Gasteiger partial charge in [-0.1, -0.05) is 6.08 Å². The highest BCUT2D eigenvalue weighted by Crippen LogP contribution is 2.23. The van der Waals surface area contributed by atoms with Crippen LogP contribution in [0.1, 0.15) is 0 Å². The van der Waals surface area contributed by atoms with Crippen molar-refractivity contribution >= 4 is 36.3 Å². The summed E-state index contributed by atoms with van der Waals surface area (Å²) in [6.45, 7) is 1.30. The molecule has 0 aliphatic carbocycles. The molecule has 1 heterocycles. The van der Waals surface area contributed by atoms with E-state index in [1.54, 1.807) is 15.2 Å². The smallest absolute Gasteiger partial charge is 0.332 e. The summed E-state index contributed by atoms with van der Waals surface area (Å²) in [5.74, 6) is -0.798. The molecule has 0 aromatic rings. The van der Waals surface area contributed by atoms with Crippen LogP contribution < -0.4 is 0 Å². The first-order chi connectivity index (χ1) is 4.74. The third-order valence-corrected chi connectivity index (χ3v) is 3.40. The highest BCUT2D eigenvalue weighted by atomic mass is 127. The van der Waals surface area contributed by atoms with E-state index in [0.29, 0.717) is 12.1 Å². The lowest BCUT2D eigenvalue weighted by Gasteiger charge is -2.07. The van der Waals surface area contributed by atoms with E-state index < -0.39 is 5.97 Å². The van der Waals surface area contributed by atoms with E-state index in [2.05, 4.69) is 21.2 Å². The molecule has 0 amide bonds. The molecule has 0 aromatic heterocycles. The molecule has 0 radical (unpaired) electrons. The number of carboxylic acid groups (broad SMARTS) is 1. The minimum absolute atomic E-state index is 0.504. The van der Waals surface area contributed by atoms with Gasteiger partial charge in [0.15, 0.2) is 0 Å². The minimum Gasteiger partial charge on any atom is -0.478 e. The van der Waals surface area contributed by atoms with E-state index in [9.17, 15) is 4.79 Å². The number of carbonyl (C=O) groups is 1. The van der Waals surface area contributed by atoms with Crippen LogP contribution in [0.4, 0.5) is 0 Å². The van der Waals surface area contributed by atoms with Gasteiger partial charge in [0.1, 0.15) is 0 Å². The fraction of sp³-hybridized carbons (Fsp3) is 0.400. The molecule has 5 heteroatoms. The van der Waals surface area contributed by atoms with Crippen molar-refractivity contribution in [3.8, 4) is 0 Å². The van der Waals surface area contributed by atoms with Crippen molar-refractivity contribution in [2.24, 2.45) is 0 Å². The molecule has 0 bridgehead atoms. The lowest BCUT2D eigenvalue weighted by Crippen LogP contribution is -2.12. The Morgan fingerprint density at radius 3 is 2.90 bits per heavy atom. The first kappa shape index (κ1) is 8.35. The summed E-state index contributed by atoms with van der Waals surface area (Å²) in [6, 6.07) is 0. The van der Waals surface area contributed by atoms with Gasteiger partial charge in [0.25, 0.3) is 0 Å². The maximum absolute atomic E-state index is 10.4. The third kappa shape index (κ3) is 1.86.